The summed E-state index contributed by atoms with van der Waals surface area (Å²) in [5.74, 6) is 2.02. The summed E-state index contributed by atoms with van der Waals surface area (Å²) >= 11 is 0. The van der Waals surface area contributed by atoms with E-state index in [1.807, 2.05) is 0 Å². The number of hydrogen-bond acceptors (Lipinski definition) is 0. The zero-order valence-electron chi connectivity index (χ0n) is 8.39. The van der Waals surface area contributed by atoms with Crippen molar-refractivity contribution in [2.24, 2.45) is 0 Å². The van der Waals surface area contributed by atoms with Gasteiger partial charge in [0.05, 0.1) is 0 Å². The third-order valence-electron chi connectivity index (χ3n) is 2.15. The van der Waals surface area contributed by atoms with Crippen LogP contribution in [0.25, 0.3) is 0 Å². The summed E-state index contributed by atoms with van der Waals surface area (Å²) in [5.41, 5.74) is 2.76. The molecule has 1 radical (unpaired) electrons. The van der Waals surface area contributed by atoms with Crippen LogP contribution in [0.1, 0.15) is 44.7 Å². The van der Waals surface area contributed by atoms with Crippen LogP contribution in [0, 0.1) is 5.92 Å². The summed E-state index contributed by atoms with van der Waals surface area (Å²) in [6.07, 6.45) is 0. The Hall–Kier alpha value is -0.780. The molecule has 0 atom stereocenters. The quantitative estimate of drug-likeness (QED) is 0.619. The molecule has 0 N–H and O–H groups in total. The van der Waals surface area contributed by atoms with Gasteiger partial charge in [-0.2, -0.15) is 0 Å². The maximum atomic E-state index is 2.22. The van der Waals surface area contributed by atoms with E-state index in [0.29, 0.717) is 5.92 Å². The Bertz CT molecular complexity index is 202. The molecule has 1 aromatic rings. The van der Waals surface area contributed by atoms with Crippen molar-refractivity contribution in [1.29, 1.82) is 0 Å². The Morgan fingerprint density at radius 3 is 1.83 bits per heavy atom. The fraction of sp³-hybridized carbons (Fsp3) is 0.417. The van der Waals surface area contributed by atoms with E-state index in [9.17, 15) is 0 Å². The zero-order chi connectivity index (χ0) is 9.14. The molecule has 0 saturated heterocycles. The lowest BCUT2D eigenvalue weighted by atomic mass is 9.97. The van der Waals surface area contributed by atoms with Gasteiger partial charge in [-0.3, -0.25) is 0 Å². The van der Waals surface area contributed by atoms with Gasteiger partial charge in [0.15, 0.2) is 0 Å². The van der Waals surface area contributed by atoms with Gasteiger partial charge >= 0.3 is 0 Å². The van der Waals surface area contributed by atoms with Crippen molar-refractivity contribution in [3.63, 3.8) is 0 Å². The maximum Gasteiger partial charge on any atom is -0.00120 e. The fourth-order valence-corrected chi connectivity index (χ4v) is 1.20. The minimum Gasteiger partial charge on any atom is -0.0587 e. The first-order chi connectivity index (χ1) is 5.61. The highest BCUT2D eigenvalue weighted by atomic mass is 14.1. The molecule has 0 saturated carbocycles. The normalized spacial score (nSPS) is 11.2. The predicted octanol–water partition coefficient (Wildman–Crippen LogP) is 3.77. The topological polar surface area (TPSA) is 0 Å². The van der Waals surface area contributed by atoms with Gasteiger partial charge < -0.3 is 0 Å². The minimum atomic E-state index is 0.635. The van der Waals surface area contributed by atoms with Gasteiger partial charge in [0.2, 0.25) is 0 Å². The molecule has 0 amide bonds. The zero-order valence-corrected chi connectivity index (χ0v) is 8.39. The highest BCUT2D eigenvalue weighted by Gasteiger charge is 2.01. The molecule has 0 heteroatoms. The Kier molecular flexibility index (Phi) is 2.91. The Balaban J connectivity index is 2.86. The highest BCUT2D eigenvalue weighted by Crippen LogP contribution is 2.18. The average molecular weight is 161 g/mol. The number of benzene rings is 1. The van der Waals surface area contributed by atoms with E-state index in [-0.39, 0.29) is 0 Å². The smallest absolute Gasteiger partial charge is 0.00120 e. The molecule has 0 aliphatic carbocycles. The molecule has 0 aliphatic heterocycles. The Labute approximate surface area is 75.6 Å². The Morgan fingerprint density at radius 2 is 1.50 bits per heavy atom. The van der Waals surface area contributed by atoms with E-state index in [1.54, 1.807) is 0 Å². The molecule has 0 nitrogen and oxygen atoms in total. The van der Waals surface area contributed by atoms with Gasteiger partial charge in [0, 0.05) is 0 Å². The van der Waals surface area contributed by atoms with Crippen molar-refractivity contribution >= 4 is 0 Å². The summed E-state index contributed by atoms with van der Waals surface area (Å²) in [5, 5.41) is 0. The van der Waals surface area contributed by atoms with Gasteiger partial charge in [-0.05, 0) is 23.0 Å². The summed E-state index contributed by atoms with van der Waals surface area (Å²) in [4.78, 5) is 0. The summed E-state index contributed by atoms with van der Waals surface area (Å²) < 4.78 is 0. The van der Waals surface area contributed by atoms with Crippen LogP contribution in [-0.4, -0.2) is 0 Å². The molecular weight excluding hydrogens is 144 g/mol. The van der Waals surface area contributed by atoms with Crippen molar-refractivity contribution in [1.82, 2.24) is 0 Å². The molecular formula is C12H17. The fourth-order valence-electron chi connectivity index (χ4n) is 1.20. The van der Waals surface area contributed by atoms with E-state index < -0.39 is 0 Å². The van der Waals surface area contributed by atoms with Crippen LogP contribution < -0.4 is 0 Å². The molecule has 0 aromatic heterocycles. The second kappa shape index (κ2) is 3.75. The van der Waals surface area contributed by atoms with E-state index in [2.05, 4.69) is 52.0 Å². The van der Waals surface area contributed by atoms with Crippen LogP contribution in [0.4, 0.5) is 0 Å². The third-order valence-corrected chi connectivity index (χ3v) is 2.15. The molecule has 0 bridgehead atoms. The first-order valence-corrected chi connectivity index (χ1v) is 4.51. The lowest BCUT2D eigenvalue weighted by Crippen LogP contribution is -1.90. The molecule has 1 aromatic carbocycles. The molecule has 0 fully saturated rings. The van der Waals surface area contributed by atoms with Crippen molar-refractivity contribution in [3.8, 4) is 0 Å². The first-order valence-electron chi connectivity index (χ1n) is 4.51. The second-order valence-electron chi connectivity index (χ2n) is 3.78. The van der Waals surface area contributed by atoms with Crippen LogP contribution in [-0.2, 0) is 0 Å². The monoisotopic (exact) mass is 161 g/mol. The van der Waals surface area contributed by atoms with E-state index >= 15 is 0 Å². The summed E-state index contributed by atoms with van der Waals surface area (Å²) in [6, 6.07) is 8.83. The highest BCUT2D eigenvalue weighted by molar-refractivity contribution is 5.32. The van der Waals surface area contributed by atoms with Gasteiger partial charge in [0.1, 0.15) is 0 Å². The molecule has 0 spiro atoms. The van der Waals surface area contributed by atoms with E-state index in [4.69, 9.17) is 0 Å². The van der Waals surface area contributed by atoms with Crippen molar-refractivity contribution in [2.75, 3.05) is 0 Å². The summed E-state index contributed by atoms with van der Waals surface area (Å²) in [6.45, 7) is 8.73. The minimum absolute atomic E-state index is 0.635. The third kappa shape index (κ3) is 2.10. The van der Waals surface area contributed by atoms with Gasteiger partial charge in [-0.15, -0.1) is 0 Å². The summed E-state index contributed by atoms with van der Waals surface area (Å²) in [7, 11) is 0. The molecule has 1 rings (SSSR count). The lowest BCUT2D eigenvalue weighted by Gasteiger charge is -2.08. The van der Waals surface area contributed by atoms with Crippen LogP contribution in [0.2, 0.25) is 0 Å². The van der Waals surface area contributed by atoms with Crippen molar-refractivity contribution in [2.45, 2.75) is 33.6 Å². The number of rotatable bonds is 2. The van der Waals surface area contributed by atoms with Gasteiger partial charge in [-0.25, -0.2) is 0 Å². The van der Waals surface area contributed by atoms with Crippen LogP contribution in [0.3, 0.4) is 0 Å². The SMILES string of the molecule is C[C](C)c1ccc(C(C)C)cc1. The molecule has 65 valence electrons. The van der Waals surface area contributed by atoms with Crippen LogP contribution in [0.15, 0.2) is 24.3 Å². The largest absolute Gasteiger partial charge is 0.0587 e. The Morgan fingerprint density at radius 1 is 1.00 bits per heavy atom. The molecule has 0 heterocycles. The first kappa shape index (κ1) is 9.31. The lowest BCUT2D eigenvalue weighted by molar-refractivity contribution is 0.865. The van der Waals surface area contributed by atoms with Gasteiger partial charge in [-0.1, -0.05) is 52.0 Å². The van der Waals surface area contributed by atoms with E-state index in [1.165, 1.54) is 17.0 Å². The molecule has 0 aliphatic rings. The standard InChI is InChI=1S/C12H17/c1-9(2)11-5-7-12(8-6-11)10(3)4/h5-9H,1-4H3. The van der Waals surface area contributed by atoms with E-state index in [0.717, 1.165) is 0 Å². The molecule has 12 heavy (non-hydrogen) atoms. The van der Waals surface area contributed by atoms with Crippen molar-refractivity contribution < 1.29 is 0 Å². The second-order valence-corrected chi connectivity index (χ2v) is 3.78. The number of hydrogen-bond donors (Lipinski definition) is 0. The maximum absolute atomic E-state index is 2.22. The van der Waals surface area contributed by atoms with Crippen molar-refractivity contribution in [3.05, 3.63) is 41.3 Å². The molecule has 0 unspecified atom stereocenters. The average Bonchev–Trinajstić information content (AvgIpc) is 2.04. The van der Waals surface area contributed by atoms with Crippen LogP contribution in [0.5, 0.6) is 0 Å². The van der Waals surface area contributed by atoms with Crippen LogP contribution >= 0.6 is 0 Å². The predicted molar refractivity (Wildman–Crippen MR) is 54.2 cm³/mol. The van der Waals surface area contributed by atoms with Gasteiger partial charge in [0.25, 0.3) is 0 Å².